The van der Waals surface area contributed by atoms with E-state index in [9.17, 15) is 9.59 Å². The summed E-state index contributed by atoms with van der Waals surface area (Å²) in [6.07, 6.45) is 2.79. The van der Waals surface area contributed by atoms with Gasteiger partial charge in [0.2, 0.25) is 0 Å². The van der Waals surface area contributed by atoms with E-state index in [-0.39, 0.29) is 11.0 Å². The van der Waals surface area contributed by atoms with E-state index in [1.54, 1.807) is 0 Å². The summed E-state index contributed by atoms with van der Waals surface area (Å²) in [5.74, 6) is -0.873. The van der Waals surface area contributed by atoms with E-state index in [0.717, 1.165) is 39.8 Å². The van der Waals surface area contributed by atoms with Crippen LogP contribution >= 0.6 is 46.5 Å². The van der Waals surface area contributed by atoms with Crippen molar-refractivity contribution in [3.8, 4) is 0 Å². The number of halogens is 1. The van der Waals surface area contributed by atoms with Crippen molar-refractivity contribution in [2.75, 3.05) is 5.32 Å². The number of benzene rings is 1. The minimum Gasteiger partial charge on any atom is -0.365 e. The van der Waals surface area contributed by atoms with Crippen LogP contribution < -0.4 is 16.4 Å². The summed E-state index contributed by atoms with van der Waals surface area (Å²) in [5.41, 5.74) is 7.02. The standard InChI is InChI=1S/C18H14ClN3O2S3/c19-13-9-4-1-2-6-11(9)26-14(13)16(24)21-18(25)22-17-12(15(20)23)8-5-3-7-10(8)27-17/h1-2,4,6H,3,5,7H2,(H2,20,23)(H2,21,22,24,25). The van der Waals surface area contributed by atoms with Gasteiger partial charge < -0.3 is 11.1 Å². The van der Waals surface area contributed by atoms with Crippen molar-refractivity contribution in [3.05, 3.63) is 50.2 Å². The second-order valence-electron chi connectivity index (χ2n) is 6.08. The van der Waals surface area contributed by atoms with E-state index < -0.39 is 5.91 Å². The predicted molar refractivity (Wildman–Crippen MR) is 115 cm³/mol. The zero-order valence-corrected chi connectivity index (χ0v) is 17.1. The fourth-order valence-corrected chi connectivity index (χ4v) is 6.18. The monoisotopic (exact) mass is 435 g/mol. The van der Waals surface area contributed by atoms with Gasteiger partial charge in [-0.05, 0) is 43.1 Å². The number of thiocarbonyl (C=S) groups is 1. The number of nitrogens with one attached hydrogen (secondary N) is 2. The zero-order chi connectivity index (χ0) is 19.1. The number of thiophene rings is 2. The first-order valence-corrected chi connectivity index (χ1v) is 10.6. The van der Waals surface area contributed by atoms with E-state index in [1.807, 2.05) is 24.3 Å². The van der Waals surface area contributed by atoms with E-state index in [2.05, 4.69) is 10.6 Å². The van der Waals surface area contributed by atoms with E-state index in [1.165, 1.54) is 22.7 Å². The lowest BCUT2D eigenvalue weighted by Crippen LogP contribution is -2.34. The summed E-state index contributed by atoms with van der Waals surface area (Å²) in [6.45, 7) is 0. The second-order valence-corrected chi connectivity index (χ2v) is 9.02. The molecule has 5 nitrogen and oxygen atoms in total. The van der Waals surface area contributed by atoms with Crippen LogP contribution in [0.1, 0.15) is 36.9 Å². The van der Waals surface area contributed by atoms with Gasteiger partial charge in [-0.2, -0.15) is 0 Å². The van der Waals surface area contributed by atoms with E-state index in [0.29, 0.717) is 20.5 Å². The maximum Gasteiger partial charge on any atom is 0.269 e. The Morgan fingerprint density at radius 2 is 1.96 bits per heavy atom. The molecule has 1 aromatic carbocycles. The van der Waals surface area contributed by atoms with E-state index in [4.69, 9.17) is 29.6 Å². The summed E-state index contributed by atoms with van der Waals surface area (Å²) >= 11 is 14.4. The van der Waals surface area contributed by atoms with Crippen LogP contribution in [-0.2, 0) is 12.8 Å². The quantitative estimate of drug-likeness (QED) is 0.534. The van der Waals surface area contributed by atoms with Gasteiger partial charge in [-0.1, -0.05) is 29.8 Å². The van der Waals surface area contributed by atoms with Crippen LogP contribution in [0.25, 0.3) is 10.1 Å². The highest BCUT2D eigenvalue weighted by Gasteiger charge is 2.26. The molecule has 2 amide bonds. The molecule has 0 spiro atoms. The van der Waals surface area contributed by atoms with Crippen molar-refractivity contribution in [1.29, 1.82) is 0 Å². The summed E-state index contributed by atoms with van der Waals surface area (Å²) in [4.78, 5) is 26.0. The number of carbonyl (C=O) groups excluding carboxylic acids is 2. The molecule has 0 fully saturated rings. The van der Waals surface area contributed by atoms with Gasteiger partial charge in [0.15, 0.2) is 5.11 Å². The third-order valence-electron chi connectivity index (χ3n) is 4.36. The fraction of sp³-hybridized carbons (Fsp3) is 0.167. The van der Waals surface area contributed by atoms with Crippen LogP contribution in [0.4, 0.5) is 5.00 Å². The molecular weight excluding hydrogens is 422 g/mol. The van der Waals surface area contributed by atoms with Crippen molar-refractivity contribution in [2.45, 2.75) is 19.3 Å². The molecule has 2 aromatic heterocycles. The first kappa shape index (κ1) is 18.4. The minimum absolute atomic E-state index is 0.107. The van der Waals surface area contributed by atoms with Gasteiger partial charge in [0, 0.05) is 15.0 Å². The molecule has 27 heavy (non-hydrogen) atoms. The van der Waals surface area contributed by atoms with Crippen molar-refractivity contribution in [2.24, 2.45) is 5.73 Å². The molecule has 1 aliphatic carbocycles. The van der Waals surface area contributed by atoms with Gasteiger partial charge in [0.1, 0.15) is 9.88 Å². The average Bonchev–Trinajstić information content (AvgIpc) is 3.28. The summed E-state index contributed by atoms with van der Waals surface area (Å²) < 4.78 is 0.928. The first-order chi connectivity index (χ1) is 13.0. The molecule has 2 heterocycles. The van der Waals surface area contributed by atoms with Gasteiger partial charge in [0.05, 0.1) is 10.6 Å². The molecule has 0 bridgehead atoms. The SMILES string of the molecule is NC(=O)c1c(NC(=S)NC(=O)c2sc3ccccc3c2Cl)sc2c1CCC2. The molecule has 0 saturated carbocycles. The maximum absolute atomic E-state index is 12.6. The van der Waals surface area contributed by atoms with Gasteiger partial charge in [-0.25, -0.2) is 0 Å². The number of primary amides is 1. The van der Waals surface area contributed by atoms with E-state index >= 15 is 0 Å². The van der Waals surface area contributed by atoms with Crippen LogP contribution in [0, 0.1) is 0 Å². The smallest absolute Gasteiger partial charge is 0.269 e. The lowest BCUT2D eigenvalue weighted by molar-refractivity contribution is 0.0979. The topological polar surface area (TPSA) is 84.2 Å². The molecule has 0 unspecified atom stereocenters. The maximum atomic E-state index is 12.6. The summed E-state index contributed by atoms with van der Waals surface area (Å²) in [5, 5.41) is 7.52. The number of hydrogen-bond donors (Lipinski definition) is 3. The number of aryl methyl sites for hydroxylation is 1. The molecule has 0 aliphatic heterocycles. The average molecular weight is 436 g/mol. The minimum atomic E-state index is -0.487. The lowest BCUT2D eigenvalue weighted by Gasteiger charge is -2.09. The van der Waals surface area contributed by atoms with Crippen molar-refractivity contribution >= 4 is 78.5 Å². The number of rotatable bonds is 3. The summed E-state index contributed by atoms with van der Waals surface area (Å²) in [6, 6.07) is 7.54. The van der Waals surface area contributed by atoms with Gasteiger partial charge in [0.25, 0.3) is 11.8 Å². The van der Waals surface area contributed by atoms with Crippen LogP contribution in [0.15, 0.2) is 24.3 Å². The Hall–Kier alpha value is -2.00. The molecule has 0 atom stereocenters. The Kier molecular flexibility index (Phi) is 4.90. The number of fused-ring (bicyclic) bond motifs is 2. The van der Waals surface area contributed by atoms with Gasteiger partial charge in [-0.3, -0.25) is 14.9 Å². The number of nitrogens with two attached hydrogens (primary N) is 1. The fourth-order valence-electron chi connectivity index (χ4n) is 3.21. The lowest BCUT2D eigenvalue weighted by atomic mass is 10.1. The van der Waals surface area contributed by atoms with Gasteiger partial charge in [-0.15, -0.1) is 22.7 Å². The first-order valence-electron chi connectivity index (χ1n) is 8.19. The molecule has 4 N–H and O–H groups in total. The Morgan fingerprint density at radius 3 is 2.70 bits per heavy atom. The molecule has 3 aromatic rings. The molecule has 9 heteroatoms. The third kappa shape index (κ3) is 3.34. The molecule has 4 rings (SSSR count). The van der Waals surface area contributed by atoms with Crippen LogP contribution in [0.2, 0.25) is 5.02 Å². The third-order valence-corrected chi connectivity index (χ3v) is 7.45. The Bertz CT molecular complexity index is 1100. The highest BCUT2D eigenvalue weighted by atomic mass is 35.5. The highest BCUT2D eigenvalue weighted by Crippen LogP contribution is 2.39. The molecule has 1 aliphatic rings. The van der Waals surface area contributed by atoms with Crippen molar-refractivity contribution < 1.29 is 9.59 Å². The summed E-state index contributed by atoms with van der Waals surface area (Å²) in [7, 11) is 0. The molecule has 138 valence electrons. The predicted octanol–water partition coefficient (Wildman–Crippen LogP) is 4.33. The van der Waals surface area contributed by atoms with Gasteiger partial charge >= 0.3 is 0 Å². The molecule has 0 saturated heterocycles. The van der Waals surface area contributed by atoms with Crippen LogP contribution in [0.3, 0.4) is 0 Å². The Morgan fingerprint density at radius 1 is 1.19 bits per heavy atom. The number of amides is 2. The molecule has 0 radical (unpaired) electrons. The van der Waals surface area contributed by atoms with Crippen LogP contribution in [0.5, 0.6) is 0 Å². The molecular formula is C18H14ClN3O2S3. The number of anilines is 1. The highest BCUT2D eigenvalue weighted by molar-refractivity contribution is 7.80. The zero-order valence-electron chi connectivity index (χ0n) is 13.9. The largest absolute Gasteiger partial charge is 0.365 e. The number of carbonyl (C=O) groups is 2. The Balaban J connectivity index is 1.54. The number of hydrogen-bond acceptors (Lipinski definition) is 5. The normalized spacial score (nSPS) is 12.8. The van der Waals surface area contributed by atoms with Crippen molar-refractivity contribution in [1.82, 2.24) is 5.32 Å². The van der Waals surface area contributed by atoms with Crippen LogP contribution in [-0.4, -0.2) is 16.9 Å². The Labute approximate surface area is 173 Å². The second kappa shape index (κ2) is 7.20. The van der Waals surface area contributed by atoms with Crippen molar-refractivity contribution in [3.63, 3.8) is 0 Å².